The molecular formula is C15H18N2O. The Kier molecular flexibility index (Phi) is 4.29. The fraction of sp³-hybridized carbons (Fsp3) is 0.333. The Morgan fingerprint density at radius 1 is 1.22 bits per heavy atom. The third-order valence-electron chi connectivity index (χ3n) is 2.94. The van der Waals surface area contributed by atoms with E-state index in [1.54, 1.807) is 6.20 Å². The Bertz CT molecular complexity index is 502. The maximum Gasteiger partial charge on any atom is 0.163 e. The van der Waals surface area contributed by atoms with Gasteiger partial charge in [-0.2, -0.15) is 5.10 Å². The first-order valence-corrected chi connectivity index (χ1v) is 6.40. The van der Waals surface area contributed by atoms with E-state index in [0.29, 0.717) is 6.42 Å². The second-order valence-electron chi connectivity index (χ2n) is 4.33. The molecule has 2 aromatic rings. The van der Waals surface area contributed by atoms with Crippen LogP contribution in [0.3, 0.4) is 0 Å². The fourth-order valence-corrected chi connectivity index (χ4v) is 2.00. The van der Waals surface area contributed by atoms with Crippen LogP contribution in [0.15, 0.2) is 42.6 Å². The second-order valence-corrected chi connectivity index (χ2v) is 4.33. The highest BCUT2D eigenvalue weighted by Gasteiger charge is 2.07. The molecule has 0 bridgehead atoms. The van der Waals surface area contributed by atoms with Crippen molar-refractivity contribution >= 4 is 5.78 Å². The smallest absolute Gasteiger partial charge is 0.163 e. The van der Waals surface area contributed by atoms with Crippen LogP contribution in [0.2, 0.25) is 0 Å². The monoisotopic (exact) mass is 242 g/mol. The van der Waals surface area contributed by atoms with E-state index in [0.717, 1.165) is 30.6 Å². The SMILES string of the molecule is CCCn1nccc1CCC(=O)c1ccccc1. The van der Waals surface area contributed by atoms with Gasteiger partial charge in [-0.3, -0.25) is 9.48 Å². The number of benzene rings is 1. The van der Waals surface area contributed by atoms with E-state index >= 15 is 0 Å². The van der Waals surface area contributed by atoms with E-state index in [-0.39, 0.29) is 5.78 Å². The largest absolute Gasteiger partial charge is 0.294 e. The predicted molar refractivity (Wildman–Crippen MR) is 71.6 cm³/mol. The van der Waals surface area contributed by atoms with E-state index in [1.165, 1.54) is 0 Å². The zero-order valence-corrected chi connectivity index (χ0v) is 10.7. The van der Waals surface area contributed by atoms with E-state index in [4.69, 9.17) is 0 Å². The van der Waals surface area contributed by atoms with Crippen molar-refractivity contribution in [1.82, 2.24) is 9.78 Å². The predicted octanol–water partition coefficient (Wildman–Crippen LogP) is 3.11. The summed E-state index contributed by atoms with van der Waals surface area (Å²) in [6.07, 6.45) is 4.16. The summed E-state index contributed by atoms with van der Waals surface area (Å²) in [6.45, 7) is 3.04. The molecule has 0 aliphatic heterocycles. The van der Waals surface area contributed by atoms with Crippen LogP contribution < -0.4 is 0 Å². The lowest BCUT2D eigenvalue weighted by molar-refractivity contribution is 0.0982. The minimum atomic E-state index is 0.194. The van der Waals surface area contributed by atoms with Crippen LogP contribution in [-0.4, -0.2) is 15.6 Å². The highest BCUT2D eigenvalue weighted by Crippen LogP contribution is 2.08. The number of hydrogen-bond acceptors (Lipinski definition) is 2. The summed E-state index contributed by atoms with van der Waals surface area (Å²) in [6, 6.07) is 11.4. The van der Waals surface area contributed by atoms with Gasteiger partial charge in [0, 0.05) is 30.4 Å². The van der Waals surface area contributed by atoms with E-state index in [1.807, 2.05) is 41.1 Å². The molecular weight excluding hydrogens is 224 g/mol. The highest BCUT2D eigenvalue weighted by atomic mass is 16.1. The van der Waals surface area contributed by atoms with Crippen molar-refractivity contribution in [1.29, 1.82) is 0 Å². The molecule has 0 atom stereocenters. The van der Waals surface area contributed by atoms with Crippen molar-refractivity contribution in [3.8, 4) is 0 Å². The van der Waals surface area contributed by atoms with Crippen molar-refractivity contribution in [3.05, 3.63) is 53.9 Å². The van der Waals surface area contributed by atoms with Crippen molar-refractivity contribution < 1.29 is 4.79 Å². The zero-order chi connectivity index (χ0) is 12.8. The average molecular weight is 242 g/mol. The molecule has 1 heterocycles. The lowest BCUT2D eigenvalue weighted by Crippen LogP contribution is -2.07. The van der Waals surface area contributed by atoms with Crippen LogP contribution in [0.5, 0.6) is 0 Å². The molecule has 0 N–H and O–H groups in total. The third-order valence-corrected chi connectivity index (χ3v) is 2.94. The third kappa shape index (κ3) is 3.06. The van der Waals surface area contributed by atoms with E-state index in [9.17, 15) is 4.79 Å². The van der Waals surface area contributed by atoms with Crippen LogP contribution in [-0.2, 0) is 13.0 Å². The molecule has 3 nitrogen and oxygen atoms in total. The summed E-state index contributed by atoms with van der Waals surface area (Å²) < 4.78 is 1.98. The summed E-state index contributed by atoms with van der Waals surface area (Å²) in [4.78, 5) is 12.0. The number of rotatable bonds is 6. The Labute approximate surface area is 107 Å². The van der Waals surface area contributed by atoms with Crippen LogP contribution in [0, 0.1) is 0 Å². The lowest BCUT2D eigenvalue weighted by Gasteiger charge is -2.05. The molecule has 2 rings (SSSR count). The number of carbonyl (C=O) groups is 1. The van der Waals surface area contributed by atoms with Gasteiger partial charge in [-0.1, -0.05) is 37.3 Å². The average Bonchev–Trinajstić information content (AvgIpc) is 2.85. The molecule has 0 aliphatic rings. The number of ketones is 1. The van der Waals surface area contributed by atoms with Crippen LogP contribution in [0.4, 0.5) is 0 Å². The molecule has 0 radical (unpaired) electrons. The summed E-state index contributed by atoms with van der Waals surface area (Å²) in [5.74, 6) is 0.194. The lowest BCUT2D eigenvalue weighted by atomic mass is 10.1. The molecule has 0 saturated heterocycles. The Hall–Kier alpha value is -1.90. The number of Topliss-reactive ketones (excluding diaryl/α,β-unsaturated/α-hetero) is 1. The summed E-state index contributed by atoms with van der Waals surface area (Å²) >= 11 is 0. The molecule has 94 valence electrons. The van der Waals surface area contributed by atoms with Gasteiger partial charge in [0.2, 0.25) is 0 Å². The van der Waals surface area contributed by atoms with Crippen molar-refractivity contribution in [3.63, 3.8) is 0 Å². The van der Waals surface area contributed by atoms with Crippen LogP contribution >= 0.6 is 0 Å². The molecule has 18 heavy (non-hydrogen) atoms. The maximum absolute atomic E-state index is 12.0. The first kappa shape index (κ1) is 12.6. The van der Waals surface area contributed by atoms with Gasteiger partial charge in [0.25, 0.3) is 0 Å². The van der Waals surface area contributed by atoms with E-state index < -0.39 is 0 Å². The number of aryl methyl sites for hydroxylation is 2. The molecule has 0 aliphatic carbocycles. The Morgan fingerprint density at radius 3 is 2.72 bits per heavy atom. The minimum absolute atomic E-state index is 0.194. The normalized spacial score (nSPS) is 10.5. The first-order chi connectivity index (χ1) is 8.81. The molecule has 0 unspecified atom stereocenters. The molecule has 0 saturated carbocycles. The van der Waals surface area contributed by atoms with Crippen LogP contribution in [0.25, 0.3) is 0 Å². The van der Waals surface area contributed by atoms with Gasteiger partial charge < -0.3 is 0 Å². The Morgan fingerprint density at radius 2 is 2.00 bits per heavy atom. The second kappa shape index (κ2) is 6.15. The summed E-state index contributed by atoms with van der Waals surface area (Å²) in [7, 11) is 0. The van der Waals surface area contributed by atoms with Crippen molar-refractivity contribution in [2.24, 2.45) is 0 Å². The quantitative estimate of drug-likeness (QED) is 0.729. The zero-order valence-electron chi connectivity index (χ0n) is 10.7. The van der Waals surface area contributed by atoms with Gasteiger partial charge in [-0.15, -0.1) is 0 Å². The van der Waals surface area contributed by atoms with Gasteiger partial charge in [-0.05, 0) is 18.9 Å². The van der Waals surface area contributed by atoms with Crippen LogP contribution in [0.1, 0.15) is 35.8 Å². The van der Waals surface area contributed by atoms with Crippen molar-refractivity contribution in [2.45, 2.75) is 32.7 Å². The molecule has 0 spiro atoms. The number of nitrogens with zero attached hydrogens (tertiary/aromatic N) is 2. The topological polar surface area (TPSA) is 34.9 Å². The van der Waals surface area contributed by atoms with Gasteiger partial charge in [0.1, 0.15) is 0 Å². The van der Waals surface area contributed by atoms with Gasteiger partial charge >= 0.3 is 0 Å². The highest BCUT2D eigenvalue weighted by molar-refractivity contribution is 5.96. The Balaban J connectivity index is 1.95. The molecule has 3 heteroatoms. The van der Waals surface area contributed by atoms with Gasteiger partial charge in [0.15, 0.2) is 5.78 Å². The number of hydrogen-bond donors (Lipinski definition) is 0. The number of carbonyl (C=O) groups excluding carboxylic acids is 1. The maximum atomic E-state index is 12.0. The fourth-order valence-electron chi connectivity index (χ4n) is 2.00. The standard InChI is InChI=1S/C15H18N2O/c1-2-12-17-14(10-11-16-17)8-9-15(18)13-6-4-3-5-7-13/h3-7,10-11H,2,8-9,12H2,1H3. The first-order valence-electron chi connectivity index (χ1n) is 6.40. The molecule has 1 aromatic heterocycles. The molecule has 0 amide bonds. The molecule has 1 aromatic carbocycles. The number of aromatic nitrogens is 2. The molecule has 0 fully saturated rings. The summed E-state index contributed by atoms with van der Waals surface area (Å²) in [5, 5.41) is 4.26. The minimum Gasteiger partial charge on any atom is -0.294 e. The van der Waals surface area contributed by atoms with Crippen molar-refractivity contribution in [2.75, 3.05) is 0 Å². The summed E-state index contributed by atoms with van der Waals surface area (Å²) in [5.41, 5.74) is 1.93. The van der Waals surface area contributed by atoms with E-state index in [2.05, 4.69) is 12.0 Å². The van der Waals surface area contributed by atoms with Gasteiger partial charge in [0.05, 0.1) is 0 Å². The van der Waals surface area contributed by atoms with Gasteiger partial charge in [-0.25, -0.2) is 0 Å².